The smallest absolute Gasteiger partial charge is 0.252 e. The highest BCUT2D eigenvalue weighted by Gasteiger charge is 2.61. The molecule has 0 spiro atoms. The molecule has 0 amide bonds. The summed E-state index contributed by atoms with van der Waals surface area (Å²) in [5.74, 6) is 0. The molecular weight excluding hydrogens is 930 g/mol. The van der Waals surface area contributed by atoms with Crippen molar-refractivity contribution in [2.75, 3.05) is 14.7 Å². The van der Waals surface area contributed by atoms with Crippen molar-refractivity contribution >= 4 is 68.6 Å². The highest BCUT2D eigenvalue weighted by atomic mass is 15.3. The molecule has 8 aromatic rings. The fourth-order valence-electron chi connectivity index (χ4n) is 15.0. The Bertz CT molecular complexity index is 3590. The minimum atomic E-state index is -0.0959. The van der Waals surface area contributed by atoms with Crippen LogP contribution >= 0.6 is 0 Å². The molecule has 0 radical (unpaired) electrons. The summed E-state index contributed by atoms with van der Waals surface area (Å²) in [6.07, 6.45) is 7.13. The van der Waals surface area contributed by atoms with Crippen molar-refractivity contribution in [1.82, 2.24) is 0 Å². The summed E-state index contributed by atoms with van der Waals surface area (Å²) in [5.41, 5.74) is 27.8. The Kier molecular flexibility index (Phi) is 11.1. The number of benzene rings is 8. The third-order valence-corrected chi connectivity index (χ3v) is 19.8. The molecule has 1 saturated carbocycles. The Morgan fingerprint density at radius 2 is 1.00 bits per heavy atom. The van der Waals surface area contributed by atoms with Crippen molar-refractivity contribution in [3.8, 4) is 22.3 Å². The molecule has 0 N–H and O–H groups in total. The monoisotopic (exact) mass is 1010 g/mol. The van der Waals surface area contributed by atoms with E-state index in [1.807, 2.05) is 0 Å². The van der Waals surface area contributed by atoms with Crippen LogP contribution in [0, 0.1) is 6.92 Å². The molecule has 5 aliphatic rings. The van der Waals surface area contributed by atoms with E-state index in [1.165, 1.54) is 120 Å². The van der Waals surface area contributed by atoms with Gasteiger partial charge in [0.05, 0.1) is 11.2 Å². The van der Waals surface area contributed by atoms with Crippen LogP contribution in [0.3, 0.4) is 0 Å². The lowest BCUT2D eigenvalue weighted by atomic mass is 9.33. The number of nitrogens with zero attached hydrogens (tertiary/aromatic N) is 3. The van der Waals surface area contributed by atoms with Gasteiger partial charge in [-0.3, -0.25) is 0 Å². The summed E-state index contributed by atoms with van der Waals surface area (Å²) in [5, 5.41) is 0. The molecule has 2 unspecified atom stereocenters. The van der Waals surface area contributed by atoms with Crippen molar-refractivity contribution in [3.05, 3.63) is 197 Å². The first kappa shape index (κ1) is 49.8. The van der Waals surface area contributed by atoms with Crippen LogP contribution in [0.15, 0.2) is 164 Å². The van der Waals surface area contributed by atoms with Crippen LogP contribution in [0.5, 0.6) is 0 Å². The van der Waals surface area contributed by atoms with Crippen LogP contribution in [0.25, 0.3) is 22.3 Å². The van der Waals surface area contributed by atoms with Gasteiger partial charge in [-0.2, -0.15) is 0 Å². The molecule has 1 fully saturated rings. The first-order valence-corrected chi connectivity index (χ1v) is 29.0. The second kappa shape index (κ2) is 17.1. The molecule has 3 aliphatic heterocycles. The second-order valence-corrected chi connectivity index (χ2v) is 27.7. The maximum absolute atomic E-state index is 2.90. The Hall–Kier alpha value is -6.78. The van der Waals surface area contributed by atoms with E-state index in [1.54, 1.807) is 0 Å². The van der Waals surface area contributed by atoms with E-state index in [-0.39, 0.29) is 39.3 Å². The lowest BCUT2D eigenvalue weighted by Gasteiger charge is -2.53. The highest BCUT2D eigenvalue weighted by Crippen LogP contribution is 2.63. The Morgan fingerprint density at radius 3 is 1.60 bits per heavy atom. The van der Waals surface area contributed by atoms with E-state index in [0.717, 1.165) is 36.3 Å². The highest BCUT2D eigenvalue weighted by molar-refractivity contribution is 7.00. The average molecular weight is 1010 g/mol. The molecule has 3 nitrogen and oxygen atoms in total. The maximum Gasteiger partial charge on any atom is 0.252 e. The molecule has 388 valence electrons. The largest absolute Gasteiger partial charge is 0.335 e. The van der Waals surface area contributed by atoms with E-state index in [0.29, 0.717) is 0 Å². The number of aryl methyl sites for hydroxylation is 1. The molecule has 13 rings (SSSR count). The van der Waals surface area contributed by atoms with E-state index in [4.69, 9.17) is 0 Å². The van der Waals surface area contributed by atoms with Crippen molar-refractivity contribution in [2.45, 2.75) is 161 Å². The zero-order valence-corrected chi connectivity index (χ0v) is 48.3. The van der Waals surface area contributed by atoms with Crippen LogP contribution in [-0.2, 0) is 27.1 Å². The topological polar surface area (TPSA) is 9.72 Å². The van der Waals surface area contributed by atoms with Gasteiger partial charge in [-0.1, -0.05) is 186 Å². The molecule has 2 aliphatic carbocycles. The Labute approximate surface area is 461 Å². The number of anilines is 8. The van der Waals surface area contributed by atoms with E-state index >= 15 is 0 Å². The number of hydrogen-bond donors (Lipinski definition) is 0. The van der Waals surface area contributed by atoms with Gasteiger partial charge in [-0.05, 0) is 194 Å². The number of rotatable bonds is 6. The van der Waals surface area contributed by atoms with E-state index < -0.39 is 0 Å². The molecule has 8 aromatic carbocycles. The third-order valence-electron chi connectivity index (χ3n) is 19.8. The average Bonchev–Trinajstić information content (AvgIpc) is 3.31. The van der Waals surface area contributed by atoms with E-state index in [2.05, 4.69) is 269 Å². The lowest BCUT2D eigenvalue weighted by molar-refractivity contribution is 0.195. The van der Waals surface area contributed by atoms with Gasteiger partial charge in [0.15, 0.2) is 0 Å². The minimum absolute atomic E-state index is 0.000630. The SMILES string of the molecule is Cc1cc2c3c(c1)N1c4c(cc(-c5ccccc5)cc4C4(C)CCCCC14C)B3c1ccc(N(c3ccc(C(C)(C)C)cc3)c3ccc(C(C)(C)C)cc3)cc1N2c1cc2c(cc1-c1ccccc1)C(C)(C)CCC2(C)C. The van der Waals surface area contributed by atoms with Crippen LogP contribution in [-0.4, -0.2) is 12.3 Å². The van der Waals surface area contributed by atoms with Crippen molar-refractivity contribution in [1.29, 1.82) is 0 Å². The van der Waals surface area contributed by atoms with Gasteiger partial charge in [0.1, 0.15) is 0 Å². The minimum Gasteiger partial charge on any atom is -0.335 e. The standard InChI is InChI=1S/C73H78BN3/c1-47-40-64-66-65(41-47)77-67-59(72(12)36-20-21-37-73(72,77)13)42-50(48-22-16-14-17-23-48)43-61(67)74(66)60-35-34-55(75(53-30-26-51(27-31-53)68(2,3)4)54-32-28-52(29-33-54)69(5,6)7)44-63(60)76(64)62-46-58-57(70(8,9)38-39-71(58,10)11)45-56(62)49-24-18-15-19-25-49/h14-19,22-35,40-46H,20-21,36-39H2,1-13H3. The summed E-state index contributed by atoms with van der Waals surface area (Å²) < 4.78 is 0. The fraction of sp³-hybridized carbons (Fsp3) is 0.342. The van der Waals surface area contributed by atoms with Gasteiger partial charge in [0.25, 0.3) is 6.71 Å². The van der Waals surface area contributed by atoms with E-state index in [9.17, 15) is 0 Å². The van der Waals surface area contributed by atoms with Gasteiger partial charge in [-0.25, -0.2) is 0 Å². The zero-order chi connectivity index (χ0) is 53.8. The van der Waals surface area contributed by atoms with Crippen LogP contribution in [0.2, 0.25) is 0 Å². The molecule has 0 aromatic heterocycles. The van der Waals surface area contributed by atoms with Crippen molar-refractivity contribution < 1.29 is 0 Å². The quantitative estimate of drug-likeness (QED) is 0.154. The summed E-state index contributed by atoms with van der Waals surface area (Å²) in [4.78, 5) is 8.15. The third kappa shape index (κ3) is 7.57. The van der Waals surface area contributed by atoms with Crippen LogP contribution in [0.4, 0.5) is 45.5 Å². The predicted molar refractivity (Wildman–Crippen MR) is 332 cm³/mol. The van der Waals surface area contributed by atoms with Crippen LogP contribution < -0.4 is 31.1 Å². The summed E-state index contributed by atoms with van der Waals surface area (Å²) in [6.45, 7) is 31.4. The first-order valence-electron chi connectivity index (χ1n) is 29.0. The normalized spacial score (nSPS) is 20.5. The van der Waals surface area contributed by atoms with Crippen LogP contribution in [0.1, 0.15) is 155 Å². The van der Waals surface area contributed by atoms with Gasteiger partial charge in [0, 0.05) is 50.8 Å². The zero-order valence-electron chi connectivity index (χ0n) is 48.3. The second-order valence-electron chi connectivity index (χ2n) is 27.7. The first-order chi connectivity index (χ1) is 36.6. The molecule has 3 heterocycles. The van der Waals surface area contributed by atoms with Crippen molar-refractivity contribution in [3.63, 3.8) is 0 Å². The Balaban J connectivity index is 1.15. The predicted octanol–water partition coefficient (Wildman–Crippen LogP) is 18.1. The van der Waals surface area contributed by atoms with Crippen molar-refractivity contribution in [2.24, 2.45) is 0 Å². The molecule has 77 heavy (non-hydrogen) atoms. The van der Waals surface area contributed by atoms with Gasteiger partial charge in [-0.15, -0.1) is 0 Å². The Morgan fingerprint density at radius 1 is 0.455 bits per heavy atom. The fourth-order valence-corrected chi connectivity index (χ4v) is 15.0. The summed E-state index contributed by atoms with van der Waals surface area (Å²) in [7, 11) is 0. The lowest BCUT2D eigenvalue weighted by Crippen LogP contribution is -2.64. The molecule has 0 saturated heterocycles. The molecule has 4 heteroatoms. The summed E-state index contributed by atoms with van der Waals surface area (Å²) >= 11 is 0. The van der Waals surface area contributed by atoms with Gasteiger partial charge >= 0.3 is 0 Å². The maximum atomic E-state index is 2.90. The van der Waals surface area contributed by atoms with Gasteiger partial charge in [0.2, 0.25) is 0 Å². The number of fused-ring (bicyclic) bond motifs is 8. The summed E-state index contributed by atoms with van der Waals surface area (Å²) in [6, 6.07) is 64.4. The molecule has 2 atom stereocenters. The molecular formula is C73H78BN3. The van der Waals surface area contributed by atoms with Gasteiger partial charge < -0.3 is 14.7 Å². The molecule has 0 bridgehead atoms. The number of hydrogen-bond acceptors (Lipinski definition) is 3.